The van der Waals surface area contributed by atoms with Crippen molar-refractivity contribution in [3.63, 3.8) is 0 Å². The van der Waals surface area contributed by atoms with Gasteiger partial charge in [-0.2, -0.15) is 0 Å². The van der Waals surface area contributed by atoms with Crippen molar-refractivity contribution in [3.8, 4) is 12.3 Å². The maximum atomic E-state index is 11.5. The molecule has 1 rings (SSSR count). The van der Waals surface area contributed by atoms with Crippen LogP contribution in [0.15, 0.2) is 23.2 Å². The Kier molecular flexibility index (Phi) is 4.67. The number of nitrogen functional groups attached to an aromatic ring is 1. The molecule has 0 spiro atoms. The van der Waals surface area contributed by atoms with E-state index in [0.29, 0.717) is 5.82 Å². The summed E-state index contributed by atoms with van der Waals surface area (Å²) in [4.78, 5) is 16.3. The maximum Gasteiger partial charge on any atom is 0.233 e. The molecule has 0 aliphatic rings. The number of hydrogen-bond donors (Lipinski definition) is 2. The smallest absolute Gasteiger partial charge is 0.233 e. The van der Waals surface area contributed by atoms with E-state index in [1.165, 1.54) is 11.8 Å². The number of rotatable bonds is 4. The quantitative estimate of drug-likeness (QED) is 0.601. The molecule has 1 atom stereocenters. The fraction of sp³-hybridized carbons (Fsp3) is 0.273. The van der Waals surface area contributed by atoms with Gasteiger partial charge >= 0.3 is 0 Å². The van der Waals surface area contributed by atoms with Crippen molar-refractivity contribution in [2.45, 2.75) is 17.1 Å². The molecule has 0 radical (unpaired) electrons. The number of carbonyl (C=O) groups is 1. The van der Waals surface area contributed by atoms with E-state index < -0.39 is 0 Å². The van der Waals surface area contributed by atoms with Gasteiger partial charge in [-0.05, 0) is 19.1 Å². The fourth-order valence-electron chi connectivity index (χ4n) is 1.00. The minimum atomic E-state index is -0.209. The molecular formula is C11H13N3OS. The molecule has 1 heterocycles. The SMILES string of the molecule is C#CCNC(=O)C(C)Sc1ccc(N)nc1. The van der Waals surface area contributed by atoms with E-state index in [1.807, 2.05) is 13.0 Å². The van der Waals surface area contributed by atoms with Gasteiger partial charge in [0, 0.05) is 11.1 Å². The summed E-state index contributed by atoms with van der Waals surface area (Å²) in [5.74, 6) is 2.74. The van der Waals surface area contributed by atoms with Crippen molar-refractivity contribution in [2.75, 3.05) is 12.3 Å². The molecule has 4 nitrogen and oxygen atoms in total. The first-order valence-electron chi connectivity index (χ1n) is 4.73. The van der Waals surface area contributed by atoms with E-state index in [2.05, 4.69) is 16.2 Å². The molecule has 0 saturated carbocycles. The summed E-state index contributed by atoms with van der Waals surface area (Å²) >= 11 is 1.41. The molecule has 1 amide bonds. The monoisotopic (exact) mass is 235 g/mol. The van der Waals surface area contributed by atoms with Gasteiger partial charge in [0.2, 0.25) is 5.91 Å². The second kappa shape index (κ2) is 6.03. The first-order valence-corrected chi connectivity index (χ1v) is 5.61. The van der Waals surface area contributed by atoms with Gasteiger partial charge in [0.15, 0.2) is 0 Å². The van der Waals surface area contributed by atoms with E-state index in [1.54, 1.807) is 12.3 Å². The minimum Gasteiger partial charge on any atom is -0.384 e. The van der Waals surface area contributed by atoms with Gasteiger partial charge in [-0.3, -0.25) is 4.79 Å². The van der Waals surface area contributed by atoms with Crippen LogP contribution in [0.2, 0.25) is 0 Å². The Morgan fingerprint density at radius 3 is 3.06 bits per heavy atom. The number of anilines is 1. The molecule has 0 aliphatic heterocycles. The lowest BCUT2D eigenvalue weighted by Gasteiger charge is -2.10. The Hall–Kier alpha value is -1.67. The zero-order valence-corrected chi connectivity index (χ0v) is 9.75. The van der Waals surface area contributed by atoms with Crippen LogP contribution in [-0.2, 0) is 4.79 Å². The molecule has 84 valence electrons. The van der Waals surface area contributed by atoms with Crippen molar-refractivity contribution in [2.24, 2.45) is 0 Å². The lowest BCUT2D eigenvalue weighted by Crippen LogP contribution is -2.31. The van der Waals surface area contributed by atoms with Crippen LogP contribution >= 0.6 is 11.8 Å². The third-order valence-electron chi connectivity index (χ3n) is 1.81. The third kappa shape index (κ3) is 3.83. The molecule has 1 aromatic rings. The largest absolute Gasteiger partial charge is 0.384 e. The van der Waals surface area contributed by atoms with Gasteiger partial charge in [-0.1, -0.05) is 5.92 Å². The Bertz CT molecular complexity index is 397. The molecular weight excluding hydrogens is 222 g/mol. The van der Waals surface area contributed by atoms with Crippen molar-refractivity contribution in [3.05, 3.63) is 18.3 Å². The van der Waals surface area contributed by atoms with E-state index in [9.17, 15) is 4.79 Å². The predicted molar refractivity (Wildman–Crippen MR) is 65.8 cm³/mol. The van der Waals surface area contributed by atoms with E-state index >= 15 is 0 Å². The number of carbonyl (C=O) groups excluding carboxylic acids is 1. The Morgan fingerprint density at radius 1 is 1.75 bits per heavy atom. The van der Waals surface area contributed by atoms with E-state index in [-0.39, 0.29) is 17.7 Å². The highest BCUT2D eigenvalue weighted by molar-refractivity contribution is 8.00. The molecule has 1 aromatic heterocycles. The first-order chi connectivity index (χ1) is 7.63. The minimum absolute atomic E-state index is 0.0835. The average molecular weight is 235 g/mol. The van der Waals surface area contributed by atoms with Crippen LogP contribution in [0.5, 0.6) is 0 Å². The lowest BCUT2D eigenvalue weighted by molar-refractivity contribution is -0.120. The van der Waals surface area contributed by atoms with Gasteiger partial charge in [0.05, 0.1) is 11.8 Å². The van der Waals surface area contributed by atoms with Crippen molar-refractivity contribution < 1.29 is 4.79 Å². The summed E-state index contributed by atoms with van der Waals surface area (Å²) < 4.78 is 0. The number of nitrogens with two attached hydrogens (primary N) is 1. The molecule has 16 heavy (non-hydrogen) atoms. The standard InChI is InChI=1S/C11H13N3OS/c1-3-6-13-11(15)8(2)16-9-4-5-10(12)14-7-9/h1,4-5,7-8H,6H2,2H3,(H2,12,14)(H,13,15). The fourth-order valence-corrected chi connectivity index (χ4v) is 1.86. The van der Waals surface area contributed by atoms with Gasteiger partial charge in [0.25, 0.3) is 0 Å². The van der Waals surface area contributed by atoms with Gasteiger partial charge in [-0.15, -0.1) is 18.2 Å². The topological polar surface area (TPSA) is 68.0 Å². The second-order valence-corrected chi connectivity index (χ2v) is 4.51. The van der Waals surface area contributed by atoms with E-state index in [0.717, 1.165) is 4.90 Å². The Morgan fingerprint density at radius 2 is 2.50 bits per heavy atom. The zero-order chi connectivity index (χ0) is 12.0. The molecule has 1 unspecified atom stereocenters. The number of terminal acetylenes is 1. The van der Waals surface area contributed by atoms with E-state index in [4.69, 9.17) is 12.2 Å². The van der Waals surface area contributed by atoms with Crippen molar-refractivity contribution in [1.29, 1.82) is 0 Å². The molecule has 0 saturated heterocycles. The lowest BCUT2D eigenvalue weighted by atomic mass is 10.4. The highest BCUT2D eigenvalue weighted by atomic mass is 32.2. The summed E-state index contributed by atoms with van der Waals surface area (Å²) in [6.45, 7) is 2.07. The van der Waals surface area contributed by atoms with Gasteiger partial charge < -0.3 is 11.1 Å². The highest BCUT2D eigenvalue weighted by Crippen LogP contribution is 2.22. The first kappa shape index (κ1) is 12.4. The molecule has 0 fully saturated rings. The summed E-state index contributed by atoms with van der Waals surface area (Å²) in [5, 5.41) is 2.41. The Balaban J connectivity index is 2.51. The van der Waals surface area contributed by atoms with Gasteiger partial charge in [-0.25, -0.2) is 4.98 Å². The normalized spacial score (nSPS) is 11.5. The Labute approximate surface area is 99.0 Å². The number of nitrogens with one attached hydrogen (secondary N) is 1. The van der Waals surface area contributed by atoms with Crippen molar-refractivity contribution in [1.82, 2.24) is 10.3 Å². The second-order valence-electron chi connectivity index (χ2n) is 3.10. The molecule has 3 N–H and O–H groups in total. The van der Waals surface area contributed by atoms with Crippen LogP contribution in [0.25, 0.3) is 0 Å². The highest BCUT2D eigenvalue weighted by Gasteiger charge is 2.13. The van der Waals surface area contributed by atoms with Crippen LogP contribution in [0.4, 0.5) is 5.82 Å². The van der Waals surface area contributed by atoms with Crippen LogP contribution in [0.3, 0.4) is 0 Å². The number of hydrogen-bond acceptors (Lipinski definition) is 4. The third-order valence-corrected chi connectivity index (χ3v) is 2.89. The summed E-state index contributed by atoms with van der Waals surface area (Å²) in [6.07, 6.45) is 6.69. The van der Waals surface area contributed by atoms with Crippen LogP contribution < -0.4 is 11.1 Å². The number of nitrogens with zero attached hydrogens (tertiary/aromatic N) is 1. The summed E-state index contributed by atoms with van der Waals surface area (Å²) in [7, 11) is 0. The van der Waals surface area contributed by atoms with Crippen LogP contribution in [0, 0.1) is 12.3 Å². The average Bonchev–Trinajstić information content (AvgIpc) is 2.29. The summed E-state index contributed by atoms with van der Waals surface area (Å²) in [5.41, 5.74) is 5.46. The molecule has 0 aromatic carbocycles. The molecule has 0 bridgehead atoms. The predicted octanol–water partition coefficient (Wildman–Crippen LogP) is 0.894. The van der Waals surface area contributed by atoms with Crippen LogP contribution in [0.1, 0.15) is 6.92 Å². The zero-order valence-electron chi connectivity index (χ0n) is 8.93. The number of aromatic nitrogens is 1. The number of thioether (sulfide) groups is 1. The molecule has 0 aliphatic carbocycles. The van der Waals surface area contributed by atoms with Crippen LogP contribution in [-0.4, -0.2) is 22.7 Å². The number of amides is 1. The maximum absolute atomic E-state index is 11.5. The summed E-state index contributed by atoms with van der Waals surface area (Å²) in [6, 6.07) is 3.53. The van der Waals surface area contributed by atoms with Gasteiger partial charge in [0.1, 0.15) is 5.82 Å². The number of pyridine rings is 1. The molecule has 5 heteroatoms. The van der Waals surface area contributed by atoms with Crippen molar-refractivity contribution >= 4 is 23.5 Å².